The molecule has 4 heteroatoms. The predicted octanol–water partition coefficient (Wildman–Crippen LogP) is 2.33. The summed E-state index contributed by atoms with van der Waals surface area (Å²) in [6.45, 7) is 9.36. The number of carbonyl (C=O) groups excluding carboxylic acids is 1. The Morgan fingerprint density at radius 3 is 2.56 bits per heavy atom. The van der Waals surface area contributed by atoms with E-state index < -0.39 is 0 Å². The SMILES string of the molecule is CCOc1ccccc1/C=C/C(=O)N1CC[NH+](Cc2ccccc2C)CC1. The molecule has 142 valence electrons. The first-order valence-corrected chi connectivity index (χ1v) is 9.74. The van der Waals surface area contributed by atoms with Crippen molar-refractivity contribution in [3.63, 3.8) is 0 Å². The maximum Gasteiger partial charge on any atom is 0.246 e. The number of rotatable bonds is 6. The van der Waals surface area contributed by atoms with E-state index in [0.717, 1.165) is 44.0 Å². The van der Waals surface area contributed by atoms with Crippen molar-refractivity contribution in [1.82, 2.24) is 4.90 Å². The summed E-state index contributed by atoms with van der Waals surface area (Å²) in [5.41, 5.74) is 3.69. The second-order valence-electron chi connectivity index (χ2n) is 6.98. The van der Waals surface area contributed by atoms with Gasteiger partial charge in [0.05, 0.1) is 32.8 Å². The van der Waals surface area contributed by atoms with Crippen molar-refractivity contribution in [2.24, 2.45) is 0 Å². The fourth-order valence-corrected chi connectivity index (χ4v) is 3.47. The van der Waals surface area contributed by atoms with E-state index in [0.29, 0.717) is 6.61 Å². The number of amides is 1. The Morgan fingerprint density at radius 1 is 1.11 bits per heavy atom. The van der Waals surface area contributed by atoms with E-state index >= 15 is 0 Å². The largest absolute Gasteiger partial charge is 0.493 e. The highest BCUT2D eigenvalue weighted by molar-refractivity contribution is 5.92. The van der Waals surface area contributed by atoms with Crippen LogP contribution in [0.2, 0.25) is 0 Å². The van der Waals surface area contributed by atoms with Crippen molar-refractivity contribution in [2.75, 3.05) is 32.8 Å². The van der Waals surface area contributed by atoms with Crippen LogP contribution in [0.25, 0.3) is 6.08 Å². The molecule has 0 radical (unpaired) electrons. The van der Waals surface area contributed by atoms with Gasteiger partial charge in [-0.05, 0) is 31.6 Å². The first-order chi connectivity index (χ1) is 13.2. The van der Waals surface area contributed by atoms with Crippen LogP contribution in [0.1, 0.15) is 23.6 Å². The highest BCUT2D eigenvalue weighted by Gasteiger charge is 2.22. The molecule has 0 atom stereocenters. The van der Waals surface area contributed by atoms with Gasteiger partial charge in [-0.15, -0.1) is 0 Å². The molecule has 2 aromatic rings. The third-order valence-electron chi connectivity index (χ3n) is 5.11. The van der Waals surface area contributed by atoms with Crippen molar-refractivity contribution in [1.29, 1.82) is 0 Å². The second-order valence-corrected chi connectivity index (χ2v) is 6.98. The number of para-hydroxylation sites is 1. The average molecular weight is 365 g/mol. The summed E-state index contributed by atoms with van der Waals surface area (Å²) in [4.78, 5) is 16.0. The molecule has 0 saturated carbocycles. The molecule has 1 heterocycles. The van der Waals surface area contributed by atoms with Crippen molar-refractivity contribution < 1.29 is 14.4 Å². The molecule has 0 aromatic heterocycles. The van der Waals surface area contributed by atoms with Crippen LogP contribution in [0.5, 0.6) is 5.75 Å². The predicted molar refractivity (Wildman–Crippen MR) is 109 cm³/mol. The smallest absolute Gasteiger partial charge is 0.246 e. The van der Waals surface area contributed by atoms with E-state index in [9.17, 15) is 4.79 Å². The van der Waals surface area contributed by atoms with E-state index in [1.54, 1.807) is 11.0 Å². The van der Waals surface area contributed by atoms with Gasteiger partial charge in [0, 0.05) is 17.2 Å². The van der Waals surface area contributed by atoms with Crippen molar-refractivity contribution in [3.05, 3.63) is 71.3 Å². The molecule has 2 aromatic carbocycles. The Morgan fingerprint density at radius 2 is 1.81 bits per heavy atom. The van der Waals surface area contributed by atoms with Crippen LogP contribution in [-0.4, -0.2) is 43.6 Å². The summed E-state index contributed by atoms with van der Waals surface area (Å²) >= 11 is 0. The number of carbonyl (C=O) groups is 1. The first-order valence-electron chi connectivity index (χ1n) is 9.74. The highest BCUT2D eigenvalue weighted by Crippen LogP contribution is 2.19. The van der Waals surface area contributed by atoms with Gasteiger partial charge in [-0.25, -0.2) is 0 Å². The summed E-state index contributed by atoms with van der Waals surface area (Å²) in [5.74, 6) is 0.896. The molecule has 3 rings (SSSR count). The van der Waals surface area contributed by atoms with Crippen molar-refractivity contribution in [2.45, 2.75) is 20.4 Å². The Hall–Kier alpha value is -2.59. The quantitative estimate of drug-likeness (QED) is 0.798. The van der Waals surface area contributed by atoms with E-state index in [2.05, 4.69) is 31.2 Å². The summed E-state index contributed by atoms with van der Waals surface area (Å²) < 4.78 is 5.62. The minimum atomic E-state index is 0.0799. The van der Waals surface area contributed by atoms with Crippen LogP contribution < -0.4 is 9.64 Å². The maximum absolute atomic E-state index is 12.5. The molecule has 1 aliphatic heterocycles. The van der Waals surface area contributed by atoms with Crippen molar-refractivity contribution >= 4 is 12.0 Å². The van der Waals surface area contributed by atoms with E-state index in [1.807, 2.05) is 42.2 Å². The zero-order chi connectivity index (χ0) is 19.1. The number of nitrogens with one attached hydrogen (secondary N) is 1. The lowest BCUT2D eigenvalue weighted by atomic mass is 10.1. The topological polar surface area (TPSA) is 34.0 Å². The average Bonchev–Trinajstić information content (AvgIpc) is 2.70. The second kappa shape index (κ2) is 9.38. The Labute approximate surface area is 162 Å². The third-order valence-corrected chi connectivity index (χ3v) is 5.11. The monoisotopic (exact) mass is 365 g/mol. The number of hydrogen-bond acceptors (Lipinski definition) is 2. The highest BCUT2D eigenvalue weighted by atomic mass is 16.5. The summed E-state index contributed by atoms with van der Waals surface area (Å²) in [6.07, 6.45) is 3.53. The van der Waals surface area contributed by atoms with Gasteiger partial charge in [0.15, 0.2) is 0 Å². The van der Waals surface area contributed by atoms with Crippen LogP contribution in [0.3, 0.4) is 0 Å². The Kier molecular flexibility index (Phi) is 6.66. The number of nitrogens with zero attached hydrogens (tertiary/aromatic N) is 1. The molecule has 0 aliphatic carbocycles. The van der Waals surface area contributed by atoms with Gasteiger partial charge in [-0.3, -0.25) is 4.79 Å². The van der Waals surface area contributed by atoms with Gasteiger partial charge >= 0.3 is 0 Å². The van der Waals surface area contributed by atoms with E-state index in [1.165, 1.54) is 11.1 Å². The molecule has 1 saturated heterocycles. The molecule has 0 unspecified atom stereocenters. The van der Waals surface area contributed by atoms with Crippen LogP contribution in [0.15, 0.2) is 54.6 Å². The number of hydrogen-bond donors (Lipinski definition) is 1. The molecule has 1 fully saturated rings. The molecular weight excluding hydrogens is 336 g/mol. The van der Waals surface area contributed by atoms with E-state index in [4.69, 9.17) is 4.74 Å². The fraction of sp³-hybridized carbons (Fsp3) is 0.348. The van der Waals surface area contributed by atoms with Crippen LogP contribution in [0, 0.1) is 6.92 Å². The van der Waals surface area contributed by atoms with Crippen LogP contribution in [0.4, 0.5) is 0 Å². The minimum Gasteiger partial charge on any atom is -0.493 e. The lowest BCUT2D eigenvalue weighted by molar-refractivity contribution is -0.917. The number of piperazine rings is 1. The first kappa shape index (κ1) is 19.2. The summed E-state index contributed by atoms with van der Waals surface area (Å²) in [6, 6.07) is 16.4. The van der Waals surface area contributed by atoms with Crippen molar-refractivity contribution in [3.8, 4) is 5.75 Å². The van der Waals surface area contributed by atoms with Crippen LogP contribution >= 0.6 is 0 Å². The lowest BCUT2D eigenvalue weighted by Gasteiger charge is -2.32. The maximum atomic E-state index is 12.5. The standard InChI is InChI=1S/C23H28N2O2/c1-3-27-22-11-7-6-9-20(22)12-13-23(26)25-16-14-24(15-17-25)18-21-10-5-4-8-19(21)2/h4-13H,3,14-18H2,1-2H3/p+1/b13-12+. The van der Waals surface area contributed by atoms with Gasteiger partial charge in [-0.2, -0.15) is 0 Å². The molecule has 0 bridgehead atoms. The van der Waals surface area contributed by atoms with Gasteiger partial charge in [0.1, 0.15) is 12.3 Å². The zero-order valence-corrected chi connectivity index (χ0v) is 16.3. The summed E-state index contributed by atoms with van der Waals surface area (Å²) in [5, 5.41) is 0. The van der Waals surface area contributed by atoms with E-state index in [-0.39, 0.29) is 5.91 Å². The molecule has 27 heavy (non-hydrogen) atoms. The number of benzene rings is 2. The number of ether oxygens (including phenoxy) is 1. The fourth-order valence-electron chi connectivity index (χ4n) is 3.47. The zero-order valence-electron chi connectivity index (χ0n) is 16.3. The normalized spacial score (nSPS) is 15.3. The molecule has 1 aliphatic rings. The van der Waals surface area contributed by atoms with Gasteiger partial charge in [0.25, 0.3) is 0 Å². The van der Waals surface area contributed by atoms with Crippen LogP contribution in [-0.2, 0) is 11.3 Å². The molecule has 0 spiro atoms. The lowest BCUT2D eigenvalue weighted by Crippen LogP contribution is -3.13. The molecular formula is C23H29N2O2+. The molecule has 4 nitrogen and oxygen atoms in total. The van der Waals surface area contributed by atoms with Gasteiger partial charge < -0.3 is 14.5 Å². The summed E-state index contributed by atoms with van der Waals surface area (Å²) in [7, 11) is 0. The number of quaternary nitrogens is 1. The molecule has 1 amide bonds. The third kappa shape index (κ3) is 5.20. The minimum absolute atomic E-state index is 0.0799. The molecule has 1 N–H and O–H groups in total. The Balaban J connectivity index is 1.53. The van der Waals surface area contributed by atoms with Gasteiger partial charge in [-0.1, -0.05) is 42.5 Å². The number of aryl methyl sites for hydroxylation is 1. The van der Waals surface area contributed by atoms with Gasteiger partial charge in [0.2, 0.25) is 5.91 Å². The Bertz CT molecular complexity index is 792.